The van der Waals surface area contributed by atoms with E-state index in [1.165, 1.54) is 13.1 Å². The molecule has 3 aromatic rings. The molecule has 2 N–H and O–H groups in total. The van der Waals surface area contributed by atoms with E-state index in [0.29, 0.717) is 13.0 Å². The average molecular weight is 401 g/mol. The summed E-state index contributed by atoms with van der Waals surface area (Å²) in [4.78, 5) is 24.6. The zero-order valence-electron chi connectivity index (χ0n) is 15.1. The minimum Gasteiger partial charge on any atom is -0.350 e. The number of anilines is 1. The Morgan fingerprint density at radius 2 is 1.75 bits per heavy atom. The third-order valence-electron chi connectivity index (χ3n) is 4.10. The maximum atomic E-state index is 14.7. The Labute approximate surface area is 166 Å². The van der Waals surface area contributed by atoms with Crippen molar-refractivity contribution in [1.29, 1.82) is 0 Å². The minimum absolute atomic E-state index is 0.193. The van der Waals surface area contributed by atoms with Gasteiger partial charge in [-0.25, -0.2) is 9.07 Å². The zero-order chi connectivity index (χ0) is 20.1. The van der Waals surface area contributed by atoms with E-state index in [-0.39, 0.29) is 22.1 Å². The molecule has 1 heterocycles. The minimum atomic E-state index is -0.903. The molecule has 0 fully saturated rings. The van der Waals surface area contributed by atoms with Crippen LogP contribution in [0.25, 0.3) is 0 Å². The predicted octanol–water partition coefficient (Wildman–Crippen LogP) is 3.44. The Kier molecular flexibility index (Phi) is 6.06. The number of nitrogens with one attached hydrogen (secondary N) is 2. The number of nitrogens with zero attached hydrogens (tertiary/aromatic N) is 2. The van der Waals surface area contributed by atoms with Crippen molar-refractivity contribution in [3.63, 3.8) is 0 Å². The van der Waals surface area contributed by atoms with Gasteiger partial charge in [0.05, 0.1) is 10.6 Å². The Bertz CT molecular complexity index is 1000. The monoisotopic (exact) mass is 400 g/mol. The number of aromatic nitrogens is 2. The van der Waals surface area contributed by atoms with E-state index in [1.807, 2.05) is 30.3 Å². The molecular formula is C20H18ClFN4O2. The smallest absolute Gasteiger partial charge is 0.274 e. The summed E-state index contributed by atoms with van der Waals surface area (Å²) in [7, 11) is 1.44. The number of hydrogen-bond acceptors (Lipinski definition) is 3. The van der Waals surface area contributed by atoms with Gasteiger partial charge in [0.2, 0.25) is 0 Å². The van der Waals surface area contributed by atoms with E-state index < -0.39 is 17.6 Å². The van der Waals surface area contributed by atoms with Crippen LogP contribution >= 0.6 is 11.6 Å². The first-order valence-corrected chi connectivity index (χ1v) is 8.95. The maximum Gasteiger partial charge on any atom is 0.274 e. The number of carbonyl (C=O) groups is 2. The molecule has 0 aliphatic heterocycles. The number of rotatable bonds is 6. The molecule has 0 radical (unpaired) electrons. The third kappa shape index (κ3) is 4.37. The van der Waals surface area contributed by atoms with E-state index in [2.05, 4.69) is 15.7 Å². The van der Waals surface area contributed by atoms with Gasteiger partial charge in [0.15, 0.2) is 17.3 Å². The second kappa shape index (κ2) is 8.67. The summed E-state index contributed by atoms with van der Waals surface area (Å²) in [6, 6.07) is 16.0. The molecule has 2 aromatic carbocycles. The van der Waals surface area contributed by atoms with E-state index in [9.17, 15) is 14.0 Å². The van der Waals surface area contributed by atoms with Crippen molar-refractivity contribution < 1.29 is 14.0 Å². The van der Waals surface area contributed by atoms with Crippen molar-refractivity contribution in [3.8, 4) is 0 Å². The first-order valence-electron chi connectivity index (χ1n) is 8.58. The summed E-state index contributed by atoms with van der Waals surface area (Å²) in [6.45, 7) is 0.334. The van der Waals surface area contributed by atoms with Crippen LogP contribution < -0.4 is 10.6 Å². The Morgan fingerprint density at radius 1 is 1.07 bits per heavy atom. The summed E-state index contributed by atoms with van der Waals surface area (Å²) in [5.74, 6) is -2.36. The van der Waals surface area contributed by atoms with Gasteiger partial charge >= 0.3 is 0 Å². The molecule has 0 saturated carbocycles. The highest BCUT2D eigenvalue weighted by molar-refractivity contribution is 6.34. The largest absolute Gasteiger partial charge is 0.350 e. The second-order valence-corrected chi connectivity index (χ2v) is 6.47. The molecule has 3 rings (SSSR count). The quantitative estimate of drug-likeness (QED) is 0.665. The molecule has 0 bridgehead atoms. The molecule has 0 aliphatic rings. The van der Waals surface area contributed by atoms with Crippen LogP contribution in [0.4, 0.5) is 10.2 Å². The number of halogens is 2. The summed E-state index contributed by atoms with van der Waals surface area (Å²) < 4.78 is 15.8. The predicted molar refractivity (Wildman–Crippen MR) is 105 cm³/mol. The first kappa shape index (κ1) is 19.6. The second-order valence-electron chi connectivity index (χ2n) is 6.06. The molecule has 2 amide bonds. The summed E-state index contributed by atoms with van der Waals surface area (Å²) in [5.41, 5.74) is 0.862. The van der Waals surface area contributed by atoms with Crippen molar-refractivity contribution in [2.75, 3.05) is 11.9 Å². The lowest BCUT2D eigenvalue weighted by molar-refractivity contribution is 0.0943. The Hall–Kier alpha value is -3.19. The Morgan fingerprint density at radius 3 is 2.46 bits per heavy atom. The van der Waals surface area contributed by atoms with Crippen molar-refractivity contribution >= 4 is 29.2 Å². The highest BCUT2D eigenvalue weighted by Crippen LogP contribution is 2.20. The van der Waals surface area contributed by atoms with Crippen LogP contribution in [-0.2, 0) is 13.5 Å². The molecular weight excluding hydrogens is 383 g/mol. The number of aryl methyl sites for hydroxylation is 1. The van der Waals surface area contributed by atoms with E-state index in [1.54, 1.807) is 18.2 Å². The fraction of sp³-hybridized carbons (Fsp3) is 0.150. The van der Waals surface area contributed by atoms with Crippen LogP contribution in [0.2, 0.25) is 5.02 Å². The molecule has 0 spiro atoms. The van der Waals surface area contributed by atoms with Gasteiger partial charge in [-0.3, -0.25) is 9.59 Å². The van der Waals surface area contributed by atoms with Crippen LogP contribution in [0.3, 0.4) is 0 Å². The lowest BCUT2D eigenvalue weighted by Gasteiger charge is -2.06. The van der Waals surface area contributed by atoms with E-state index >= 15 is 0 Å². The lowest BCUT2D eigenvalue weighted by atomic mass is 10.1. The lowest BCUT2D eigenvalue weighted by Crippen LogP contribution is -2.27. The summed E-state index contributed by atoms with van der Waals surface area (Å²) in [6.07, 6.45) is 0.608. The molecule has 1 aromatic heterocycles. The average Bonchev–Trinajstić information content (AvgIpc) is 2.97. The van der Waals surface area contributed by atoms with E-state index in [0.717, 1.165) is 10.2 Å². The zero-order valence-corrected chi connectivity index (χ0v) is 15.8. The number of amides is 2. The molecule has 0 aliphatic carbocycles. The van der Waals surface area contributed by atoms with Gasteiger partial charge in [-0.2, -0.15) is 5.10 Å². The molecule has 0 saturated heterocycles. The van der Waals surface area contributed by atoms with Crippen LogP contribution in [0.5, 0.6) is 0 Å². The van der Waals surface area contributed by atoms with Gasteiger partial charge in [0.25, 0.3) is 11.8 Å². The van der Waals surface area contributed by atoms with Crippen molar-refractivity contribution in [2.45, 2.75) is 6.42 Å². The van der Waals surface area contributed by atoms with Gasteiger partial charge in [0.1, 0.15) is 0 Å². The van der Waals surface area contributed by atoms with Gasteiger partial charge in [-0.15, -0.1) is 0 Å². The maximum absolute atomic E-state index is 14.7. The summed E-state index contributed by atoms with van der Waals surface area (Å²) >= 11 is 5.99. The van der Waals surface area contributed by atoms with Crippen LogP contribution in [0.15, 0.2) is 54.6 Å². The summed E-state index contributed by atoms with van der Waals surface area (Å²) in [5, 5.41) is 9.17. The Balaban J connectivity index is 1.68. The molecule has 144 valence electrons. The molecule has 28 heavy (non-hydrogen) atoms. The highest BCUT2D eigenvalue weighted by atomic mass is 35.5. The van der Waals surface area contributed by atoms with Crippen LogP contribution in [-0.4, -0.2) is 28.1 Å². The third-order valence-corrected chi connectivity index (χ3v) is 4.43. The SMILES string of the molecule is Cn1nc(C(=O)NCCc2ccccc2)c(F)c1NC(=O)c1ccccc1Cl. The fourth-order valence-electron chi connectivity index (χ4n) is 2.65. The van der Waals surface area contributed by atoms with Gasteiger partial charge in [-0.05, 0) is 24.1 Å². The number of carbonyl (C=O) groups excluding carboxylic acids is 2. The molecule has 0 unspecified atom stereocenters. The van der Waals surface area contributed by atoms with Crippen LogP contribution in [0.1, 0.15) is 26.4 Å². The first-order chi connectivity index (χ1) is 13.5. The van der Waals surface area contributed by atoms with Crippen molar-refractivity contribution in [1.82, 2.24) is 15.1 Å². The van der Waals surface area contributed by atoms with E-state index in [4.69, 9.17) is 11.6 Å². The van der Waals surface area contributed by atoms with Gasteiger partial charge in [-0.1, -0.05) is 54.1 Å². The molecule has 8 heteroatoms. The number of benzene rings is 2. The van der Waals surface area contributed by atoms with Crippen molar-refractivity contribution in [2.24, 2.45) is 7.05 Å². The normalized spacial score (nSPS) is 10.5. The number of hydrogen-bond donors (Lipinski definition) is 2. The fourth-order valence-corrected chi connectivity index (χ4v) is 2.87. The standard InChI is InChI=1S/C20H18ClFN4O2/c1-26-18(24-19(27)14-9-5-6-10-15(14)21)16(22)17(25-26)20(28)23-12-11-13-7-3-2-4-8-13/h2-10H,11-12H2,1H3,(H,23,28)(H,24,27). The topological polar surface area (TPSA) is 76.0 Å². The highest BCUT2D eigenvalue weighted by Gasteiger charge is 2.24. The van der Waals surface area contributed by atoms with Gasteiger partial charge in [0, 0.05) is 13.6 Å². The van der Waals surface area contributed by atoms with Crippen molar-refractivity contribution in [3.05, 3.63) is 82.3 Å². The van der Waals surface area contributed by atoms with Crippen LogP contribution in [0, 0.1) is 5.82 Å². The molecule has 6 nitrogen and oxygen atoms in total. The molecule has 0 atom stereocenters. The van der Waals surface area contributed by atoms with Gasteiger partial charge < -0.3 is 10.6 Å².